The summed E-state index contributed by atoms with van der Waals surface area (Å²) in [6.45, 7) is 2.81. The van der Waals surface area contributed by atoms with E-state index >= 15 is 0 Å². The first kappa shape index (κ1) is 18.5. The van der Waals surface area contributed by atoms with Crippen LogP contribution in [0.2, 0.25) is 0 Å². The number of nitrogens with zero attached hydrogens (tertiary/aromatic N) is 1. The van der Waals surface area contributed by atoms with Crippen LogP contribution in [0.3, 0.4) is 0 Å². The second-order valence-electron chi connectivity index (χ2n) is 3.90. The first-order valence-electron chi connectivity index (χ1n) is 5.96. The second-order valence-corrected chi connectivity index (χ2v) is 3.90. The van der Waals surface area contributed by atoms with Gasteiger partial charge in [0.1, 0.15) is 17.7 Å². The second kappa shape index (κ2) is 10.3. The molecule has 1 rings (SSSR count). The molecule has 0 aliphatic rings. The minimum absolute atomic E-state index is 0. The van der Waals surface area contributed by atoms with Crippen LogP contribution in [0.1, 0.15) is 6.92 Å². The van der Waals surface area contributed by atoms with Crippen LogP contribution < -0.4 is 15.4 Å². The van der Waals surface area contributed by atoms with Crippen molar-refractivity contribution in [3.8, 4) is 18.1 Å². The number of ether oxygens (including phenoxy) is 1. The molecule has 0 bridgehead atoms. The highest BCUT2D eigenvalue weighted by Crippen LogP contribution is 2.13. The van der Waals surface area contributed by atoms with Gasteiger partial charge in [0.15, 0.2) is 5.96 Å². The topological polar surface area (TPSA) is 45.7 Å². The standard InChI is InChI=1S/C14H18FN3O.HI/c1-4-8-17-14(16-3)18-10-11(2)19-13-7-5-6-12(15)9-13;/h1,5-7,9,11H,8,10H2,2-3H3,(H2,16,17,18);1H. The molecule has 0 saturated heterocycles. The van der Waals surface area contributed by atoms with Crippen LogP contribution in [0, 0.1) is 18.2 Å². The summed E-state index contributed by atoms with van der Waals surface area (Å²) in [4.78, 5) is 4.00. The van der Waals surface area contributed by atoms with Crippen molar-refractivity contribution in [2.75, 3.05) is 20.1 Å². The Hall–Kier alpha value is -1.49. The van der Waals surface area contributed by atoms with Gasteiger partial charge >= 0.3 is 0 Å². The fraction of sp³-hybridized carbons (Fsp3) is 0.357. The zero-order valence-electron chi connectivity index (χ0n) is 11.5. The largest absolute Gasteiger partial charge is 0.489 e. The van der Waals surface area contributed by atoms with Crippen LogP contribution in [-0.2, 0) is 0 Å². The third-order valence-electron chi connectivity index (χ3n) is 2.27. The molecular formula is C14H19FIN3O. The number of benzene rings is 1. The number of nitrogens with one attached hydrogen (secondary N) is 2. The molecule has 0 aliphatic heterocycles. The molecule has 0 aromatic heterocycles. The Morgan fingerprint density at radius 1 is 1.50 bits per heavy atom. The normalized spacial score (nSPS) is 11.8. The van der Waals surface area contributed by atoms with Gasteiger partial charge in [0.25, 0.3) is 0 Å². The van der Waals surface area contributed by atoms with E-state index in [-0.39, 0.29) is 35.9 Å². The highest BCUT2D eigenvalue weighted by molar-refractivity contribution is 14.0. The van der Waals surface area contributed by atoms with Gasteiger partial charge in [-0.25, -0.2) is 4.39 Å². The summed E-state index contributed by atoms with van der Waals surface area (Å²) in [5.74, 6) is 3.25. The third-order valence-corrected chi connectivity index (χ3v) is 2.27. The van der Waals surface area contributed by atoms with Gasteiger partial charge in [-0.15, -0.1) is 30.4 Å². The lowest BCUT2D eigenvalue weighted by Gasteiger charge is -2.17. The van der Waals surface area contributed by atoms with Gasteiger partial charge < -0.3 is 15.4 Å². The number of terminal acetylenes is 1. The molecule has 110 valence electrons. The first-order chi connectivity index (χ1) is 9.15. The van der Waals surface area contributed by atoms with Crippen molar-refractivity contribution in [3.05, 3.63) is 30.1 Å². The van der Waals surface area contributed by atoms with Crippen molar-refractivity contribution in [1.29, 1.82) is 0 Å². The summed E-state index contributed by atoms with van der Waals surface area (Å²) < 4.78 is 18.6. The Balaban J connectivity index is 0.00000361. The molecule has 1 unspecified atom stereocenters. The fourth-order valence-corrected chi connectivity index (χ4v) is 1.41. The minimum Gasteiger partial charge on any atom is -0.489 e. The molecule has 1 aromatic carbocycles. The van der Waals surface area contributed by atoms with Gasteiger partial charge in [0.2, 0.25) is 0 Å². The van der Waals surface area contributed by atoms with E-state index in [2.05, 4.69) is 21.5 Å². The summed E-state index contributed by atoms with van der Waals surface area (Å²) in [6, 6.07) is 6.05. The van der Waals surface area contributed by atoms with E-state index in [4.69, 9.17) is 11.2 Å². The lowest BCUT2D eigenvalue weighted by molar-refractivity contribution is 0.223. The van der Waals surface area contributed by atoms with Crippen molar-refractivity contribution in [3.63, 3.8) is 0 Å². The Kier molecular flexibility index (Phi) is 9.55. The van der Waals surface area contributed by atoms with E-state index in [9.17, 15) is 4.39 Å². The van der Waals surface area contributed by atoms with Crippen molar-refractivity contribution in [2.45, 2.75) is 13.0 Å². The van der Waals surface area contributed by atoms with Crippen LogP contribution in [-0.4, -0.2) is 32.2 Å². The molecule has 0 amide bonds. The quantitative estimate of drug-likeness (QED) is 0.350. The fourth-order valence-electron chi connectivity index (χ4n) is 1.41. The number of hydrogen-bond donors (Lipinski definition) is 2. The van der Waals surface area contributed by atoms with E-state index in [1.165, 1.54) is 12.1 Å². The molecule has 0 saturated carbocycles. The monoisotopic (exact) mass is 391 g/mol. The highest BCUT2D eigenvalue weighted by atomic mass is 127. The molecule has 4 nitrogen and oxygen atoms in total. The van der Waals surface area contributed by atoms with Gasteiger partial charge in [-0.05, 0) is 19.1 Å². The Bertz CT molecular complexity index is 474. The van der Waals surface area contributed by atoms with Crippen LogP contribution >= 0.6 is 24.0 Å². The molecule has 1 aromatic rings. The van der Waals surface area contributed by atoms with E-state index in [1.54, 1.807) is 19.2 Å². The van der Waals surface area contributed by atoms with Crippen LogP contribution in [0.15, 0.2) is 29.3 Å². The molecule has 0 radical (unpaired) electrons. The predicted octanol–water partition coefficient (Wildman–Crippen LogP) is 2.01. The maximum atomic E-state index is 13.0. The van der Waals surface area contributed by atoms with E-state index in [0.717, 1.165) is 0 Å². The molecule has 0 spiro atoms. The molecule has 0 heterocycles. The van der Waals surface area contributed by atoms with Crippen LogP contribution in [0.5, 0.6) is 5.75 Å². The van der Waals surface area contributed by atoms with E-state index in [0.29, 0.717) is 24.8 Å². The summed E-state index contributed by atoms with van der Waals surface area (Å²) in [5.41, 5.74) is 0. The summed E-state index contributed by atoms with van der Waals surface area (Å²) in [7, 11) is 1.66. The zero-order chi connectivity index (χ0) is 14.1. The molecular weight excluding hydrogens is 372 g/mol. The lowest BCUT2D eigenvalue weighted by Crippen LogP contribution is -2.41. The molecule has 20 heavy (non-hydrogen) atoms. The smallest absolute Gasteiger partial charge is 0.191 e. The van der Waals surface area contributed by atoms with Gasteiger partial charge in [-0.2, -0.15) is 0 Å². The third kappa shape index (κ3) is 7.19. The Labute approximate surface area is 136 Å². The van der Waals surface area contributed by atoms with E-state index < -0.39 is 0 Å². The molecule has 6 heteroatoms. The lowest BCUT2D eigenvalue weighted by atomic mass is 10.3. The van der Waals surface area contributed by atoms with Crippen LogP contribution in [0.4, 0.5) is 4.39 Å². The van der Waals surface area contributed by atoms with Crippen molar-refractivity contribution < 1.29 is 9.13 Å². The maximum Gasteiger partial charge on any atom is 0.191 e. The SMILES string of the molecule is C#CCNC(=NC)NCC(C)Oc1cccc(F)c1.I. The van der Waals surface area contributed by atoms with Gasteiger partial charge in [0, 0.05) is 13.1 Å². The zero-order valence-corrected chi connectivity index (χ0v) is 13.9. The van der Waals surface area contributed by atoms with Crippen molar-refractivity contribution in [1.82, 2.24) is 10.6 Å². The van der Waals surface area contributed by atoms with Crippen molar-refractivity contribution >= 4 is 29.9 Å². The van der Waals surface area contributed by atoms with Gasteiger partial charge in [-0.1, -0.05) is 12.0 Å². The minimum atomic E-state index is -0.316. The molecule has 2 N–H and O–H groups in total. The molecule has 0 aliphatic carbocycles. The Morgan fingerprint density at radius 3 is 2.85 bits per heavy atom. The van der Waals surface area contributed by atoms with Gasteiger partial charge in [-0.3, -0.25) is 4.99 Å². The summed E-state index contributed by atoms with van der Waals surface area (Å²) in [5, 5.41) is 6.00. The number of guanidine groups is 1. The van der Waals surface area contributed by atoms with Crippen LogP contribution in [0.25, 0.3) is 0 Å². The summed E-state index contributed by atoms with van der Waals surface area (Å²) in [6.07, 6.45) is 5.02. The molecule has 1 atom stereocenters. The predicted molar refractivity (Wildman–Crippen MR) is 90.1 cm³/mol. The average Bonchev–Trinajstić information content (AvgIpc) is 2.39. The van der Waals surface area contributed by atoms with E-state index in [1.807, 2.05) is 6.92 Å². The van der Waals surface area contributed by atoms with Gasteiger partial charge in [0.05, 0.1) is 13.1 Å². The van der Waals surface area contributed by atoms with Crippen molar-refractivity contribution in [2.24, 2.45) is 4.99 Å². The number of halogens is 2. The number of rotatable bonds is 5. The summed E-state index contributed by atoms with van der Waals surface area (Å²) >= 11 is 0. The molecule has 0 fully saturated rings. The first-order valence-corrected chi connectivity index (χ1v) is 5.96. The number of hydrogen-bond acceptors (Lipinski definition) is 2. The maximum absolute atomic E-state index is 13.0. The Morgan fingerprint density at radius 2 is 2.25 bits per heavy atom. The average molecular weight is 391 g/mol. The number of aliphatic imine (C=N–C) groups is 1. The highest BCUT2D eigenvalue weighted by Gasteiger charge is 2.05.